The van der Waals surface area contributed by atoms with Crippen LogP contribution in [0.25, 0.3) is 0 Å². The molecule has 24 heavy (non-hydrogen) atoms. The van der Waals surface area contributed by atoms with Crippen LogP contribution in [-0.4, -0.2) is 72.9 Å². The second-order valence-corrected chi connectivity index (χ2v) is 8.75. The van der Waals surface area contributed by atoms with Gasteiger partial charge in [-0.15, -0.1) is 0 Å². The Morgan fingerprint density at radius 3 is 2.25 bits per heavy atom. The zero-order valence-corrected chi connectivity index (χ0v) is 15.6. The largest absolute Gasteiger partial charge is 0.462 e. The van der Waals surface area contributed by atoms with E-state index < -0.39 is 0 Å². The molecule has 0 aromatic rings. The third-order valence-corrected chi connectivity index (χ3v) is 7.50. The van der Waals surface area contributed by atoms with Gasteiger partial charge in [0.05, 0.1) is 13.0 Å². The van der Waals surface area contributed by atoms with Crippen molar-refractivity contribution in [2.45, 2.75) is 52.6 Å². The van der Waals surface area contributed by atoms with Gasteiger partial charge in [0.2, 0.25) is 0 Å². The minimum atomic E-state index is -0.0256. The smallest absolute Gasteiger partial charge is 0.307 e. The van der Waals surface area contributed by atoms with Crippen molar-refractivity contribution in [3.05, 3.63) is 0 Å². The van der Waals surface area contributed by atoms with Crippen molar-refractivity contribution in [1.29, 1.82) is 0 Å². The average molecular weight is 338 g/mol. The van der Waals surface area contributed by atoms with Crippen LogP contribution in [-0.2, 0) is 9.53 Å². The molecule has 2 aliphatic carbocycles. The minimum absolute atomic E-state index is 0.0256. The predicted molar refractivity (Wildman–Crippen MR) is 93.7 cm³/mol. The van der Waals surface area contributed by atoms with E-state index in [-0.39, 0.29) is 24.1 Å². The summed E-state index contributed by atoms with van der Waals surface area (Å²) in [6.07, 6.45) is 4.14. The number of hydrogen-bond acceptors (Lipinski definition) is 5. The highest BCUT2D eigenvalue weighted by Crippen LogP contribution is 2.66. The number of carbonyl (C=O) groups is 1. The molecule has 0 aromatic heterocycles. The molecule has 3 rings (SSSR count). The molecule has 2 saturated carbocycles. The van der Waals surface area contributed by atoms with Crippen LogP contribution >= 0.6 is 0 Å². The maximum Gasteiger partial charge on any atom is 0.307 e. The Labute approximate surface area is 146 Å². The molecular formula is C19H34N2O3. The lowest BCUT2D eigenvalue weighted by atomic mass is 9.70. The molecule has 1 heterocycles. The molecule has 0 radical (unpaired) electrons. The summed E-state index contributed by atoms with van der Waals surface area (Å²) in [4.78, 5) is 17.0. The molecule has 1 saturated heterocycles. The molecule has 2 bridgehead atoms. The van der Waals surface area contributed by atoms with Crippen LogP contribution in [0.2, 0.25) is 0 Å². The topological polar surface area (TPSA) is 53.0 Å². The quantitative estimate of drug-likeness (QED) is 0.748. The lowest BCUT2D eigenvalue weighted by Crippen LogP contribution is -2.47. The number of hydrogen-bond donors (Lipinski definition) is 1. The summed E-state index contributed by atoms with van der Waals surface area (Å²) < 4.78 is 5.93. The van der Waals surface area contributed by atoms with Crippen LogP contribution in [0, 0.1) is 16.7 Å². The van der Waals surface area contributed by atoms with E-state index in [1.165, 1.54) is 12.8 Å². The van der Waals surface area contributed by atoms with Gasteiger partial charge in [-0.1, -0.05) is 20.8 Å². The Kier molecular flexibility index (Phi) is 5.24. The molecule has 5 heteroatoms. The first kappa shape index (κ1) is 18.2. The van der Waals surface area contributed by atoms with Gasteiger partial charge in [0.15, 0.2) is 0 Å². The zero-order chi connectivity index (χ0) is 17.4. The van der Waals surface area contributed by atoms with Crippen molar-refractivity contribution in [2.75, 3.05) is 45.9 Å². The maximum atomic E-state index is 12.3. The van der Waals surface area contributed by atoms with Gasteiger partial charge in [-0.25, -0.2) is 0 Å². The molecule has 3 fully saturated rings. The fourth-order valence-electron chi connectivity index (χ4n) is 5.15. The van der Waals surface area contributed by atoms with Crippen molar-refractivity contribution in [3.8, 4) is 0 Å². The third kappa shape index (κ3) is 3.23. The molecule has 5 nitrogen and oxygen atoms in total. The number of ether oxygens (including phenoxy) is 1. The van der Waals surface area contributed by atoms with Crippen molar-refractivity contribution in [1.82, 2.24) is 9.80 Å². The van der Waals surface area contributed by atoms with Crippen molar-refractivity contribution in [2.24, 2.45) is 16.7 Å². The van der Waals surface area contributed by atoms with E-state index in [0.717, 1.165) is 45.7 Å². The fourth-order valence-corrected chi connectivity index (χ4v) is 5.15. The summed E-state index contributed by atoms with van der Waals surface area (Å²) in [6, 6.07) is 0. The van der Waals surface area contributed by atoms with Crippen LogP contribution in [0.15, 0.2) is 0 Å². The molecule has 3 atom stereocenters. The predicted octanol–water partition coefficient (Wildman–Crippen LogP) is 1.74. The number of aliphatic hydroxyl groups excluding tert-OH is 1. The molecule has 0 amide bonds. The highest BCUT2D eigenvalue weighted by atomic mass is 16.5. The van der Waals surface area contributed by atoms with Crippen LogP contribution < -0.4 is 0 Å². The Morgan fingerprint density at radius 1 is 1.12 bits per heavy atom. The number of β-amino-alcohol motifs (C(OH)–C–C–N with tert-alkyl or cyclic N) is 1. The van der Waals surface area contributed by atoms with Gasteiger partial charge in [0.25, 0.3) is 0 Å². The monoisotopic (exact) mass is 338 g/mol. The molecule has 1 aliphatic heterocycles. The normalized spacial score (nSPS) is 36.2. The highest BCUT2D eigenvalue weighted by molar-refractivity contribution is 5.70. The van der Waals surface area contributed by atoms with Crippen LogP contribution in [0.1, 0.15) is 46.5 Å². The van der Waals surface area contributed by atoms with E-state index in [1.54, 1.807) is 0 Å². The molecule has 1 N–H and O–H groups in total. The van der Waals surface area contributed by atoms with Crippen LogP contribution in [0.3, 0.4) is 0 Å². The minimum Gasteiger partial charge on any atom is -0.462 e. The number of fused-ring (bicyclic) bond motifs is 2. The number of rotatable bonds is 6. The number of aliphatic hydroxyl groups is 1. The first-order valence-electron chi connectivity index (χ1n) is 9.62. The van der Waals surface area contributed by atoms with Crippen LogP contribution in [0.5, 0.6) is 0 Å². The zero-order valence-electron chi connectivity index (χ0n) is 15.6. The molecule has 3 aliphatic rings. The molecule has 138 valence electrons. The summed E-state index contributed by atoms with van der Waals surface area (Å²) in [5, 5.41) is 8.98. The van der Waals surface area contributed by atoms with E-state index in [9.17, 15) is 4.79 Å². The molecule has 0 unspecified atom stereocenters. The van der Waals surface area contributed by atoms with Crippen molar-refractivity contribution >= 4 is 5.97 Å². The van der Waals surface area contributed by atoms with Crippen molar-refractivity contribution < 1.29 is 14.6 Å². The SMILES string of the molecule is CC1(C)[C@H]2CC[C@]1(C)[C@H](OC(=O)CCN1CCN(CCO)CC1)C2. The summed E-state index contributed by atoms with van der Waals surface area (Å²) in [6.45, 7) is 12.7. The van der Waals surface area contributed by atoms with Gasteiger partial charge in [0.1, 0.15) is 6.10 Å². The Bertz CT molecular complexity index is 460. The maximum absolute atomic E-state index is 12.3. The van der Waals surface area contributed by atoms with Crippen molar-refractivity contribution in [3.63, 3.8) is 0 Å². The lowest BCUT2D eigenvalue weighted by Gasteiger charge is -2.38. The molecular weight excluding hydrogens is 304 g/mol. The number of nitrogens with zero attached hydrogens (tertiary/aromatic N) is 2. The van der Waals surface area contributed by atoms with Gasteiger partial charge in [0, 0.05) is 44.7 Å². The van der Waals surface area contributed by atoms with Gasteiger partial charge < -0.3 is 14.7 Å². The standard InChI is InChI=1S/C19H34N2O3/c1-18(2)15-4-6-19(18,3)16(14-15)24-17(23)5-7-20-8-10-21(11-9-20)12-13-22/h15-16,22H,4-14H2,1-3H3/t15-,16+,19+/m0/s1. The molecule has 0 spiro atoms. The summed E-state index contributed by atoms with van der Waals surface area (Å²) in [5.41, 5.74) is 0.449. The van der Waals surface area contributed by atoms with E-state index in [2.05, 4.69) is 30.6 Å². The van der Waals surface area contributed by atoms with E-state index in [1.807, 2.05) is 0 Å². The van der Waals surface area contributed by atoms with Gasteiger partial charge in [-0.3, -0.25) is 9.69 Å². The van der Waals surface area contributed by atoms with E-state index in [4.69, 9.17) is 9.84 Å². The summed E-state index contributed by atoms with van der Waals surface area (Å²) >= 11 is 0. The Balaban J connectivity index is 1.41. The van der Waals surface area contributed by atoms with Gasteiger partial charge in [-0.2, -0.15) is 0 Å². The van der Waals surface area contributed by atoms with Crippen LogP contribution in [0.4, 0.5) is 0 Å². The second-order valence-electron chi connectivity index (χ2n) is 8.75. The fraction of sp³-hybridized carbons (Fsp3) is 0.947. The lowest BCUT2D eigenvalue weighted by molar-refractivity contribution is -0.157. The van der Waals surface area contributed by atoms with Gasteiger partial charge in [-0.05, 0) is 30.6 Å². The summed E-state index contributed by atoms with van der Waals surface area (Å²) in [5.74, 6) is 0.683. The second kappa shape index (κ2) is 6.93. The Morgan fingerprint density at radius 2 is 1.75 bits per heavy atom. The number of esters is 1. The van der Waals surface area contributed by atoms with Gasteiger partial charge >= 0.3 is 5.97 Å². The average Bonchev–Trinajstić information content (AvgIpc) is 2.88. The first-order chi connectivity index (χ1) is 11.4. The first-order valence-corrected chi connectivity index (χ1v) is 9.62. The molecule has 0 aromatic carbocycles. The number of piperazine rings is 1. The van der Waals surface area contributed by atoms with E-state index >= 15 is 0 Å². The third-order valence-electron chi connectivity index (χ3n) is 7.50. The highest BCUT2D eigenvalue weighted by Gasteiger charge is 2.62. The van der Waals surface area contributed by atoms with E-state index in [0.29, 0.717) is 17.8 Å². The summed E-state index contributed by atoms with van der Waals surface area (Å²) in [7, 11) is 0. The Hall–Kier alpha value is -0.650. The number of carbonyl (C=O) groups excluding carboxylic acids is 1.